The predicted octanol–water partition coefficient (Wildman–Crippen LogP) is 2.92. The zero-order chi connectivity index (χ0) is 11.5. The highest BCUT2D eigenvalue weighted by Crippen LogP contribution is 2.27. The number of aryl methyl sites for hydroxylation is 1. The van der Waals surface area contributed by atoms with Crippen LogP contribution in [0.3, 0.4) is 0 Å². The van der Waals surface area contributed by atoms with Crippen LogP contribution in [0.15, 0.2) is 24.3 Å². The average Bonchev–Trinajstić information content (AvgIpc) is 2.25. The fourth-order valence-corrected chi connectivity index (χ4v) is 2.25. The Bertz CT molecular complexity index is 331. The zero-order valence-corrected chi connectivity index (χ0v) is 10.0. The summed E-state index contributed by atoms with van der Waals surface area (Å²) < 4.78 is 5.82. The van der Waals surface area contributed by atoms with Gasteiger partial charge in [0.25, 0.3) is 0 Å². The highest BCUT2D eigenvalue weighted by atomic mass is 16.5. The van der Waals surface area contributed by atoms with E-state index < -0.39 is 0 Å². The van der Waals surface area contributed by atoms with Gasteiger partial charge in [0, 0.05) is 0 Å². The van der Waals surface area contributed by atoms with Crippen LogP contribution in [0.4, 0.5) is 0 Å². The van der Waals surface area contributed by atoms with E-state index in [1.54, 1.807) is 0 Å². The van der Waals surface area contributed by atoms with E-state index in [1.165, 1.54) is 5.56 Å². The first-order chi connectivity index (χ1) is 7.65. The molecular weight excluding hydrogens is 200 g/mol. The van der Waals surface area contributed by atoms with E-state index in [-0.39, 0.29) is 12.2 Å². The van der Waals surface area contributed by atoms with Crippen LogP contribution in [0.5, 0.6) is 5.75 Å². The first-order valence-electron chi connectivity index (χ1n) is 6.06. The fraction of sp³-hybridized carbons (Fsp3) is 0.571. The number of aliphatic hydroxyl groups is 1. The molecule has 1 saturated carbocycles. The Kier molecular flexibility index (Phi) is 3.49. The topological polar surface area (TPSA) is 29.5 Å². The average molecular weight is 220 g/mol. The Labute approximate surface area is 97.3 Å². The second kappa shape index (κ2) is 4.88. The molecule has 1 aromatic rings. The van der Waals surface area contributed by atoms with E-state index in [9.17, 15) is 5.11 Å². The predicted molar refractivity (Wildman–Crippen MR) is 64.6 cm³/mol. The minimum Gasteiger partial charge on any atom is -0.488 e. The molecule has 0 unspecified atom stereocenters. The summed E-state index contributed by atoms with van der Waals surface area (Å²) in [6.07, 6.45) is 2.62. The molecule has 0 bridgehead atoms. The van der Waals surface area contributed by atoms with Gasteiger partial charge in [0.05, 0.1) is 6.10 Å². The van der Waals surface area contributed by atoms with Gasteiger partial charge in [-0.2, -0.15) is 0 Å². The van der Waals surface area contributed by atoms with Gasteiger partial charge in [-0.3, -0.25) is 0 Å². The van der Waals surface area contributed by atoms with Gasteiger partial charge in [-0.05, 0) is 44.2 Å². The van der Waals surface area contributed by atoms with Crippen LogP contribution < -0.4 is 4.74 Å². The van der Waals surface area contributed by atoms with Gasteiger partial charge in [0.1, 0.15) is 11.9 Å². The maximum absolute atomic E-state index is 9.93. The molecule has 2 nitrogen and oxygen atoms in total. The van der Waals surface area contributed by atoms with E-state index in [0.29, 0.717) is 5.92 Å². The molecule has 1 aliphatic rings. The molecule has 1 aromatic carbocycles. The van der Waals surface area contributed by atoms with E-state index in [4.69, 9.17) is 4.74 Å². The van der Waals surface area contributed by atoms with Crippen LogP contribution in [0, 0.1) is 12.8 Å². The third kappa shape index (κ3) is 2.76. The van der Waals surface area contributed by atoms with Gasteiger partial charge < -0.3 is 9.84 Å². The largest absolute Gasteiger partial charge is 0.488 e. The number of rotatable bonds is 2. The number of hydrogen-bond donors (Lipinski definition) is 1. The van der Waals surface area contributed by atoms with Crippen molar-refractivity contribution < 1.29 is 9.84 Å². The lowest BCUT2D eigenvalue weighted by molar-refractivity contribution is -0.00798. The third-order valence-electron chi connectivity index (χ3n) is 3.33. The Balaban J connectivity index is 1.96. The van der Waals surface area contributed by atoms with E-state index >= 15 is 0 Å². The van der Waals surface area contributed by atoms with Crippen molar-refractivity contribution in [1.82, 2.24) is 0 Å². The van der Waals surface area contributed by atoms with Gasteiger partial charge >= 0.3 is 0 Å². The molecule has 0 saturated heterocycles. The van der Waals surface area contributed by atoms with E-state index in [0.717, 1.165) is 25.0 Å². The molecule has 1 N–H and O–H groups in total. The number of aliphatic hydroxyl groups excluding tert-OH is 1. The van der Waals surface area contributed by atoms with Crippen molar-refractivity contribution >= 4 is 0 Å². The standard InChI is InChI=1S/C14H20O2/c1-10-3-6-12(7-4-10)16-14-8-5-11(2)9-13(14)15/h3-4,6-7,11,13-15H,5,8-9H2,1-2H3/t11-,13+,14+/m0/s1. The van der Waals surface area contributed by atoms with Crippen molar-refractivity contribution in [3.05, 3.63) is 29.8 Å². The van der Waals surface area contributed by atoms with Crippen LogP contribution >= 0.6 is 0 Å². The SMILES string of the molecule is Cc1ccc(O[C@@H]2CC[C@H](C)C[C@H]2O)cc1. The third-order valence-corrected chi connectivity index (χ3v) is 3.33. The van der Waals surface area contributed by atoms with Gasteiger partial charge in [0.15, 0.2) is 0 Å². The molecule has 1 aliphatic carbocycles. The molecule has 0 heterocycles. The molecule has 0 aliphatic heterocycles. The highest BCUT2D eigenvalue weighted by molar-refractivity contribution is 5.26. The summed E-state index contributed by atoms with van der Waals surface area (Å²) in [6.45, 7) is 4.24. The monoisotopic (exact) mass is 220 g/mol. The van der Waals surface area contributed by atoms with Gasteiger partial charge in [0.2, 0.25) is 0 Å². The van der Waals surface area contributed by atoms with Crippen LogP contribution in [0.2, 0.25) is 0 Å². The molecule has 0 radical (unpaired) electrons. The first-order valence-corrected chi connectivity index (χ1v) is 6.06. The van der Waals surface area contributed by atoms with Crippen molar-refractivity contribution in [2.24, 2.45) is 5.92 Å². The molecule has 2 heteroatoms. The van der Waals surface area contributed by atoms with Crippen molar-refractivity contribution in [2.75, 3.05) is 0 Å². The molecule has 88 valence electrons. The molecule has 16 heavy (non-hydrogen) atoms. The number of benzene rings is 1. The summed E-state index contributed by atoms with van der Waals surface area (Å²) in [4.78, 5) is 0. The molecule has 0 spiro atoms. The fourth-order valence-electron chi connectivity index (χ4n) is 2.25. The summed E-state index contributed by atoms with van der Waals surface area (Å²) in [5.74, 6) is 1.48. The Hall–Kier alpha value is -1.02. The Morgan fingerprint density at radius 3 is 2.50 bits per heavy atom. The zero-order valence-electron chi connectivity index (χ0n) is 10.0. The first kappa shape index (κ1) is 11.5. The van der Waals surface area contributed by atoms with E-state index in [2.05, 4.69) is 13.8 Å². The lowest BCUT2D eigenvalue weighted by Gasteiger charge is -2.31. The maximum Gasteiger partial charge on any atom is 0.124 e. The summed E-state index contributed by atoms with van der Waals surface area (Å²) in [7, 11) is 0. The summed E-state index contributed by atoms with van der Waals surface area (Å²) in [5.41, 5.74) is 1.23. The van der Waals surface area contributed by atoms with Gasteiger partial charge in [-0.1, -0.05) is 24.6 Å². The molecular formula is C14H20O2. The number of ether oxygens (including phenoxy) is 1. The Morgan fingerprint density at radius 1 is 1.19 bits per heavy atom. The molecule has 3 atom stereocenters. The van der Waals surface area contributed by atoms with E-state index in [1.807, 2.05) is 24.3 Å². The van der Waals surface area contributed by atoms with Crippen molar-refractivity contribution in [3.63, 3.8) is 0 Å². The normalized spacial score (nSPS) is 30.1. The lowest BCUT2D eigenvalue weighted by Crippen LogP contribution is -2.37. The summed E-state index contributed by atoms with van der Waals surface area (Å²) >= 11 is 0. The molecule has 2 rings (SSSR count). The molecule has 0 aromatic heterocycles. The summed E-state index contributed by atoms with van der Waals surface area (Å²) in [6, 6.07) is 8.01. The molecule has 0 amide bonds. The van der Waals surface area contributed by atoms with Crippen LogP contribution in [0.25, 0.3) is 0 Å². The van der Waals surface area contributed by atoms with Crippen LogP contribution in [-0.4, -0.2) is 17.3 Å². The summed E-state index contributed by atoms with van der Waals surface area (Å²) in [5, 5.41) is 9.93. The van der Waals surface area contributed by atoms with Crippen molar-refractivity contribution in [1.29, 1.82) is 0 Å². The Morgan fingerprint density at radius 2 is 1.88 bits per heavy atom. The smallest absolute Gasteiger partial charge is 0.124 e. The van der Waals surface area contributed by atoms with Crippen LogP contribution in [0.1, 0.15) is 31.7 Å². The van der Waals surface area contributed by atoms with Crippen molar-refractivity contribution in [2.45, 2.75) is 45.3 Å². The second-order valence-corrected chi connectivity index (χ2v) is 4.95. The van der Waals surface area contributed by atoms with Gasteiger partial charge in [-0.15, -0.1) is 0 Å². The lowest BCUT2D eigenvalue weighted by atomic mass is 9.86. The highest BCUT2D eigenvalue weighted by Gasteiger charge is 2.28. The van der Waals surface area contributed by atoms with Crippen LogP contribution in [-0.2, 0) is 0 Å². The minimum absolute atomic E-state index is 0.0288. The second-order valence-electron chi connectivity index (χ2n) is 4.95. The maximum atomic E-state index is 9.93. The van der Waals surface area contributed by atoms with Gasteiger partial charge in [-0.25, -0.2) is 0 Å². The minimum atomic E-state index is -0.315. The number of hydrogen-bond acceptors (Lipinski definition) is 2. The van der Waals surface area contributed by atoms with Crippen molar-refractivity contribution in [3.8, 4) is 5.75 Å². The quantitative estimate of drug-likeness (QED) is 0.830. The molecule has 1 fully saturated rings.